The maximum atomic E-state index is 14.5. The fourth-order valence-electron chi connectivity index (χ4n) is 4.83. The van der Waals surface area contributed by atoms with Gasteiger partial charge in [-0.25, -0.2) is 18.0 Å². The lowest BCUT2D eigenvalue weighted by molar-refractivity contribution is -0.126. The number of nitrogens with zero attached hydrogens (tertiary/aromatic N) is 2. The minimum Gasteiger partial charge on any atom is -0.444 e. The number of ketones is 1. The minimum absolute atomic E-state index is 0.138. The summed E-state index contributed by atoms with van der Waals surface area (Å²) in [6.07, 6.45) is 0.212. The van der Waals surface area contributed by atoms with Crippen LogP contribution in [0.5, 0.6) is 0 Å². The Hall–Kier alpha value is -4.74. The van der Waals surface area contributed by atoms with Gasteiger partial charge in [-0.3, -0.25) is 24.3 Å². The Morgan fingerprint density at radius 2 is 1.77 bits per heavy atom. The maximum Gasteiger partial charge on any atom is 0.411 e. The van der Waals surface area contributed by atoms with E-state index in [1.54, 1.807) is 32.9 Å². The highest BCUT2D eigenvalue weighted by Gasteiger charge is 2.41. The molecule has 43 heavy (non-hydrogen) atoms. The van der Waals surface area contributed by atoms with Crippen molar-refractivity contribution in [3.63, 3.8) is 0 Å². The maximum absolute atomic E-state index is 14.5. The highest BCUT2D eigenvalue weighted by atomic mass is 19.1. The van der Waals surface area contributed by atoms with Gasteiger partial charge in [0.15, 0.2) is 5.78 Å². The van der Waals surface area contributed by atoms with Gasteiger partial charge in [0.05, 0.1) is 23.8 Å². The van der Waals surface area contributed by atoms with Crippen LogP contribution in [0.25, 0.3) is 11.1 Å². The summed E-state index contributed by atoms with van der Waals surface area (Å²) in [5.41, 5.74) is 0.124. The SMILES string of the molecule is CNC(=O)c1cc(-c2cccnc2[C@H](Cc2cc(F)cc(F)c2)NC(=O)[C@@H]2CC(=O)CN2C(=O)OC(C)(C)C)ccc1F. The zero-order chi connectivity index (χ0) is 31.5. The van der Waals surface area contributed by atoms with Crippen LogP contribution in [0.4, 0.5) is 18.0 Å². The number of hydrogen-bond donors (Lipinski definition) is 2. The fourth-order valence-corrected chi connectivity index (χ4v) is 4.83. The summed E-state index contributed by atoms with van der Waals surface area (Å²) in [5.74, 6) is -4.11. The molecule has 12 heteroatoms. The number of carbonyl (C=O) groups excluding carboxylic acids is 4. The number of pyridine rings is 1. The third-order valence-corrected chi connectivity index (χ3v) is 6.67. The van der Waals surface area contributed by atoms with Crippen molar-refractivity contribution in [1.29, 1.82) is 0 Å². The molecule has 0 radical (unpaired) electrons. The topological polar surface area (TPSA) is 118 Å². The number of halogens is 3. The van der Waals surface area contributed by atoms with E-state index >= 15 is 0 Å². The summed E-state index contributed by atoms with van der Waals surface area (Å²) in [5, 5.41) is 5.18. The van der Waals surface area contributed by atoms with Crippen molar-refractivity contribution in [2.45, 2.75) is 51.3 Å². The predicted octanol–water partition coefficient (Wildman–Crippen LogP) is 4.50. The van der Waals surface area contributed by atoms with Gasteiger partial charge < -0.3 is 15.4 Å². The zero-order valence-electron chi connectivity index (χ0n) is 24.0. The molecule has 226 valence electrons. The van der Waals surface area contributed by atoms with Gasteiger partial charge in [0.1, 0.15) is 29.1 Å². The molecule has 2 aromatic carbocycles. The summed E-state index contributed by atoms with van der Waals surface area (Å²) in [6.45, 7) is 4.64. The van der Waals surface area contributed by atoms with Crippen molar-refractivity contribution >= 4 is 23.7 Å². The van der Waals surface area contributed by atoms with Crippen LogP contribution in [0, 0.1) is 17.5 Å². The van der Waals surface area contributed by atoms with E-state index in [4.69, 9.17) is 4.74 Å². The van der Waals surface area contributed by atoms with Gasteiger partial charge in [-0.1, -0.05) is 12.1 Å². The summed E-state index contributed by atoms with van der Waals surface area (Å²) >= 11 is 0. The van der Waals surface area contributed by atoms with Crippen LogP contribution in [-0.2, 0) is 20.7 Å². The second-order valence-corrected chi connectivity index (χ2v) is 11.1. The van der Waals surface area contributed by atoms with Crippen LogP contribution in [-0.4, -0.2) is 58.8 Å². The first-order chi connectivity index (χ1) is 20.3. The molecule has 0 unspecified atom stereocenters. The molecule has 3 amide bonds. The molecule has 0 bridgehead atoms. The quantitative estimate of drug-likeness (QED) is 0.415. The molecular formula is C31H31F3N4O5. The lowest BCUT2D eigenvalue weighted by atomic mass is 9.94. The Balaban J connectivity index is 1.75. The van der Waals surface area contributed by atoms with Gasteiger partial charge >= 0.3 is 6.09 Å². The molecule has 0 saturated carbocycles. The molecule has 1 aliphatic heterocycles. The predicted molar refractivity (Wildman–Crippen MR) is 150 cm³/mol. The lowest BCUT2D eigenvalue weighted by Gasteiger charge is -2.29. The Bertz CT molecular complexity index is 1550. The first-order valence-electron chi connectivity index (χ1n) is 13.5. The number of ether oxygens (including phenoxy) is 1. The number of rotatable bonds is 7. The fraction of sp³-hybridized carbons (Fsp3) is 0.323. The van der Waals surface area contributed by atoms with E-state index in [1.807, 2.05) is 0 Å². The van der Waals surface area contributed by atoms with E-state index in [9.17, 15) is 32.3 Å². The Labute approximate surface area is 246 Å². The third kappa shape index (κ3) is 7.56. The van der Waals surface area contributed by atoms with E-state index in [1.165, 1.54) is 25.4 Å². The van der Waals surface area contributed by atoms with E-state index in [2.05, 4.69) is 15.6 Å². The second-order valence-electron chi connectivity index (χ2n) is 11.1. The molecule has 0 spiro atoms. The minimum atomic E-state index is -1.20. The first kappa shape index (κ1) is 31.2. The van der Waals surface area contributed by atoms with Gasteiger partial charge in [0.2, 0.25) is 5.91 Å². The van der Waals surface area contributed by atoms with Crippen molar-refractivity contribution in [2.24, 2.45) is 0 Å². The molecule has 3 aromatic rings. The van der Waals surface area contributed by atoms with Crippen molar-refractivity contribution in [3.8, 4) is 11.1 Å². The largest absolute Gasteiger partial charge is 0.444 e. The van der Waals surface area contributed by atoms with Crippen LogP contribution >= 0.6 is 0 Å². The molecule has 2 atom stereocenters. The van der Waals surface area contributed by atoms with Crippen LogP contribution in [0.3, 0.4) is 0 Å². The highest BCUT2D eigenvalue weighted by Crippen LogP contribution is 2.31. The number of Topliss-reactive ketones (excluding diaryl/α,β-unsaturated/α-hetero) is 1. The van der Waals surface area contributed by atoms with Gasteiger partial charge in [-0.2, -0.15) is 0 Å². The van der Waals surface area contributed by atoms with Crippen LogP contribution in [0.15, 0.2) is 54.7 Å². The average molecular weight is 597 g/mol. The van der Waals surface area contributed by atoms with Crippen molar-refractivity contribution in [2.75, 3.05) is 13.6 Å². The lowest BCUT2D eigenvalue weighted by Crippen LogP contribution is -2.48. The molecule has 9 nitrogen and oxygen atoms in total. The van der Waals surface area contributed by atoms with Gasteiger partial charge in [-0.15, -0.1) is 0 Å². The number of likely N-dealkylation sites (tertiary alicyclic amines) is 1. The monoisotopic (exact) mass is 596 g/mol. The van der Waals surface area contributed by atoms with Crippen LogP contribution in [0.2, 0.25) is 0 Å². The molecule has 2 N–H and O–H groups in total. The molecule has 1 aromatic heterocycles. The smallest absolute Gasteiger partial charge is 0.411 e. The first-order valence-corrected chi connectivity index (χ1v) is 13.5. The molecule has 4 rings (SSSR count). The van der Waals surface area contributed by atoms with Gasteiger partial charge in [-0.05, 0) is 68.7 Å². The summed E-state index contributed by atoms with van der Waals surface area (Å²) in [7, 11) is 1.36. The molecule has 1 fully saturated rings. The number of benzene rings is 2. The van der Waals surface area contributed by atoms with Crippen molar-refractivity contribution in [3.05, 3.63) is 89.0 Å². The van der Waals surface area contributed by atoms with E-state index in [-0.39, 0.29) is 42.0 Å². The molecule has 1 saturated heterocycles. The number of carbonyl (C=O) groups is 4. The molecule has 1 aliphatic rings. The average Bonchev–Trinajstić information content (AvgIpc) is 3.33. The van der Waals surface area contributed by atoms with E-state index < -0.39 is 53.0 Å². The summed E-state index contributed by atoms with van der Waals surface area (Å²) < 4.78 is 48.1. The molecule has 0 aliphatic carbocycles. The van der Waals surface area contributed by atoms with Crippen LogP contribution < -0.4 is 10.6 Å². The van der Waals surface area contributed by atoms with Crippen molar-refractivity contribution in [1.82, 2.24) is 20.5 Å². The van der Waals surface area contributed by atoms with Gasteiger partial charge in [0.25, 0.3) is 5.91 Å². The molecular weight excluding hydrogens is 565 g/mol. The second kappa shape index (κ2) is 12.6. The molecule has 2 heterocycles. The summed E-state index contributed by atoms with van der Waals surface area (Å²) in [4.78, 5) is 56.6. The third-order valence-electron chi connectivity index (χ3n) is 6.67. The standard InChI is InChI=1S/C31H31F3N4O5/c1-31(2,3)43-30(42)38-16-21(39)15-26(38)29(41)37-25(12-17-10-19(32)14-20(33)11-17)27-22(6-5-9-36-27)18-7-8-24(34)23(13-18)28(40)35-4/h5-11,13-14,25-26H,12,15-16H2,1-4H3,(H,35,40)(H,37,41)/t25-,26-/m0/s1. The Morgan fingerprint density at radius 3 is 2.42 bits per heavy atom. The number of aromatic nitrogens is 1. The van der Waals surface area contributed by atoms with Crippen molar-refractivity contribution < 1.29 is 37.1 Å². The zero-order valence-corrected chi connectivity index (χ0v) is 24.0. The van der Waals surface area contributed by atoms with Gasteiger partial charge in [0, 0.05) is 31.3 Å². The van der Waals surface area contributed by atoms with Crippen LogP contribution in [0.1, 0.15) is 54.8 Å². The normalized spacial score (nSPS) is 15.7. The van der Waals surface area contributed by atoms with E-state index in [0.29, 0.717) is 17.2 Å². The highest BCUT2D eigenvalue weighted by molar-refractivity contribution is 5.98. The van der Waals surface area contributed by atoms with E-state index in [0.717, 1.165) is 23.1 Å². The Kier molecular flexibility index (Phi) is 9.17. The number of nitrogens with one attached hydrogen (secondary N) is 2. The summed E-state index contributed by atoms with van der Waals surface area (Å²) in [6, 6.07) is 7.82. The number of amides is 3. The number of hydrogen-bond acceptors (Lipinski definition) is 6. The Morgan fingerprint density at radius 1 is 1.07 bits per heavy atom.